The SMILES string of the molecule is COc1cc(/C=N\Nc2nn[nH]n2)ccc1[O-]. The standard InChI is InChI=1S/C9H10N6O2/c1-17-8-4-6(2-3-7(8)16)5-10-11-9-12-14-15-13-9/h2-5,16H,1H3,(H2,11,12,13,14,15)/p-1/b10-5-. The number of nitrogens with zero attached hydrogens (tertiary/aromatic N) is 4. The van der Waals surface area contributed by atoms with Crippen LogP contribution >= 0.6 is 0 Å². The van der Waals surface area contributed by atoms with Crippen molar-refractivity contribution >= 4 is 12.2 Å². The van der Waals surface area contributed by atoms with Gasteiger partial charge in [-0.3, -0.25) is 0 Å². The highest BCUT2D eigenvalue weighted by Crippen LogP contribution is 2.22. The number of aromatic amines is 1. The largest absolute Gasteiger partial charge is 0.870 e. The van der Waals surface area contributed by atoms with Gasteiger partial charge in [-0.1, -0.05) is 23.0 Å². The molecule has 1 heterocycles. The zero-order valence-corrected chi connectivity index (χ0v) is 8.91. The van der Waals surface area contributed by atoms with Gasteiger partial charge in [-0.2, -0.15) is 10.3 Å². The average Bonchev–Trinajstić information content (AvgIpc) is 2.84. The topological polar surface area (TPSA) is 111 Å². The molecule has 0 spiro atoms. The van der Waals surface area contributed by atoms with E-state index >= 15 is 0 Å². The molecule has 0 radical (unpaired) electrons. The maximum absolute atomic E-state index is 11.2. The Morgan fingerprint density at radius 3 is 3.12 bits per heavy atom. The fourth-order valence-corrected chi connectivity index (χ4v) is 1.14. The highest BCUT2D eigenvalue weighted by Gasteiger charge is 1.95. The summed E-state index contributed by atoms with van der Waals surface area (Å²) in [6.07, 6.45) is 1.51. The summed E-state index contributed by atoms with van der Waals surface area (Å²) in [5.41, 5.74) is 3.28. The second kappa shape index (κ2) is 4.92. The van der Waals surface area contributed by atoms with Gasteiger partial charge in [0, 0.05) is 0 Å². The molecule has 2 aromatic rings. The summed E-state index contributed by atoms with van der Waals surface area (Å²) >= 11 is 0. The zero-order chi connectivity index (χ0) is 12.1. The van der Waals surface area contributed by atoms with E-state index in [1.807, 2.05) is 0 Å². The smallest absolute Gasteiger partial charge is 0.283 e. The van der Waals surface area contributed by atoms with Crippen LogP contribution in [0.4, 0.5) is 5.95 Å². The normalized spacial score (nSPS) is 10.6. The van der Waals surface area contributed by atoms with E-state index in [2.05, 4.69) is 31.2 Å². The molecule has 8 heteroatoms. The number of hydrogen-bond donors (Lipinski definition) is 2. The van der Waals surface area contributed by atoms with Crippen LogP contribution in [0.15, 0.2) is 23.3 Å². The monoisotopic (exact) mass is 233 g/mol. The van der Waals surface area contributed by atoms with Crippen molar-refractivity contribution in [1.29, 1.82) is 0 Å². The van der Waals surface area contributed by atoms with Gasteiger partial charge in [-0.15, -0.1) is 5.10 Å². The summed E-state index contributed by atoms with van der Waals surface area (Å²) in [4.78, 5) is 0. The van der Waals surface area contributed by atoms with Crippen LogP contribution in [-0.4, -0.2) is 33.9 Å². The first kappa shape index (κ1) is 10.9. The summed E-state index contributed by atoms with van der Waals surface area (Å²) in [5.74, 6) is 0.359. The molecule has 0 aliphatic heterocycles. The van der Waals surface area contributed by atoms with Crippen molar-refractivity contribution in [3.63, 3.8) is 0 Å². The third kappa shape index (κ3) is 2.68. The van der Waals surface area contributed by atoms with Gasteiger partial charge in [0.1, 0.15) is 5.75 Å². The molecule has 2 N–H and O–H groups in total. The van der Waals surface area contributed by atoms with Crippen molar-refractivity contribution in [2.24, 2.45) is 5.10 Å². The van der Waals surface area contributed by atoms with Gasteiger partial charge < -0.3 is 9.84 Å². The van der Waals surface area contributed by atoms with E-state index in [1.54, 1.807) is 12.1 Å². The van der Waals surface area contributed by atoms with Crippen molar-refractivity contribution in [3.8, 4) is 11.5 Å². The second-order valence-corrected chi connectivity index (χ2v) is 3.02. The predicted octanol–water partition coefficient (Wildman–Crippen LogP) is -0.272. The Kier molecular flexibility index (Phi) is 3.15. The Bertz CT molecular complexity index is 510. The highest BCUT2D eigenvalue weighted by molar-refractivity contribution is 5.81. The van der Waals surface area contributed by atoms with E-state index in [9.17, 15) is 5.11 Å². The molecule has 1 aromatic heterocycles. The number of hydrogen-bond acceptors (Lipinski definition) is 7. The molecule has 1 aromatic carbocycles. The first-order chi connectivity index (χ1) is 8.29. The van der Waals surface area contributed by atoms with Crippen molar-refractivity contribution in [2.45, 2.75) is 0 Å². The quantitative estimate of drug-likeness (QED) is 0.555. The molecule has 0 saturated heterocycles. The van der Waals surface area contributed by atoms with Crippen LogP contribution in [0.25, 0.3) is 0 Å². The average molecular weight is 233 g/mol. The first-order valence-electron chi connectivity index (χ1n) is 4.67. The minimum atomic E-state index is -0.171. The molecular weight excluding hydrogens is 224 g/mol. The number of ether oxygens (including phenoxy) is 1. The van der Waals surface area contributed by atoms with Gasteiger partial charge in [0.2, 0.25) is 0 Å². The third-order valence-corrected chi connectivity index (χ3v) is 1.91. The van der Waals surface area contributed by atoms with Crippen LogP contribution in [-0.2, 0) is 0 Å². The third-order valence-electron chi connectivity index (χ3n) is 1.91. The molecule has 0 fully saturated rings. The van der Waals surface area contributed by atoms with Crippen LogP contribution < -0.4 is 15.3 Å². The molecule has 17 heavy (non-hydrogen) atoms. The lowest BCUT2D eigenvalue weighted by Gasteiger charge is -2.11. The Balaban J connectivity index is 2.05. The van der Waals surface area contributed by atoms with E-state index in [0.717, 1.165) is 5.56 Å². The van der Waals surface area contributed by atoms with E-state index in [0.29, 0.717) is 0 Å². The number of benzene rings is 1. The Hall–Kier alpha value is -2.64. The van der Waals surface area contributed by atoms with Crippen molar-refractivity contribution in [2.75, 3.05) is 12.5 Å². The van der Waals surface area contributed by atoms with Gasteiger partial charge in [0.15, 0.2) is 0 Å². The minimum Gasteiger partial charge on any atom is -0.870 e. The lowest BCUT2D eigenvalue weighted by atomic mass is 10.2. The van der Waals surface area contributed by atoms with Crippen LogP contribution in [0.1, 0.15) is 5.56 Å². The predicted molar refractivity (Wildman–Crippen MR) is 57.8 cm³/mol. The lowest BCUT2D eigenvalue weighted by molar-refractivity contribution is -0.270. The molecule has 0 amide bonds. The van der Waals surface area contributed by atoms with Crippen molar-refractivity contribution in [1.82, 2.24) is 20.6 Å². The van der Waals surface area contributed by atoms with Crippen LogP contribution in [0.2, 0.25) is 0 Å². The molecule has 0 atom stereocenters. The number of tetrazole rings is 1. The number of aromatic nitrogens is 4. The summed E-state index contributed by atoms with van der Waals surface area (Å²) in [7, 11) is 1.44. The summed E-state index contributed by atoms with van der Waals surface area (Å²) in [6, 6.07) is 4.63. The lowest BCUT2D eigenvalue weighted by Crippen LogP contribution is -1.97. The number of nitrogens with one attached hydrogen (secondary N) is 2. The zero-order valence-electron chi connectivity index (χ0n) is 8.91. The Morgan fingerprint density at radius 2 is 2.41 bits per heavy atom. The molecule has 0 bridgehead atoms. The second-order valence-electron chi connectivity index (χ2n) is 3.02. The number of rotatable bonds is 4. The number of hydrazone groups is 1. The molecule has 0 saturated carbocycles. The van der Waals surface area contributed by atoms with Gasteiger partial charge in [-0.05, 0) is 16.8 Å². The fraction of sp³-hybridized carbons (Fsp3) is 0.111. The van der Waals surface area contributed by atoms with E-state index in [-0.39, 0.29) is 17.4 Å². The van der Waals surface area contributed by atoms with Gasteiger partial charge in [0.25, 0.3) is 5.95 Å². The maximum Gasteiger partial charge on any atom is 0.283 e. The molecule has 2 rings (SSSR count). The highest BCUT2D eigenvalue weighted by atomic mass is 16.5. The minimum absolute atomic E-state index is 0.171. The van der Waals surface area contributed by atoms with E-state index < -0.39 is 0 Å². The van der Waals surface area contributed by atoms with Gasteiger partial charge in [0.05, 0.1) is 13.3 Å². The number of anilines is 1. The van der Waals surface area contributed by atoms with Crippen molar-refractivity contribution < 1.29 is 9.84 Å². The maximum atomic E-state index is 11.2. The van der Waals surface area contributed by atoms with Gasteiger partial charge in [-0.25, -0.2) is 5.43 Å². The molecular formula is C9H9N6O2-. The fourth-order valence-electron chi connectivity index (χ4n) is 1.14. The number of H-pyrrole nitrogens is 1. The number of methoxy groups -OCH3 is 1. The Labute approximate surface area is 96.3 Å². The molecule has 88 valence electrons. The summed E-state index contributed by atoms with van der Waals surface area (Å²) in [5, 5.41) is 28.0. The van der Waals surface area contributed by atoms with Crippen molar-refractivity contribution in [3.05, 3.63) is 23.8 Å². The first-order valence-corrected chi connectivity index (χ1v) is 4.67. The van der Waals surface area contributed by atoms with Crippen LogP contribution in [0.5, 0.6) is 11.5 Å². The Morgan fingerprint density at radius 1 is 1.53 bits per heavy atom. The van der Waals surface area contributed by atoms with Crippen LogP contribution in [0.3, 0.4) is 0 Å². The molecule has 0 unspecified atom stereocenters. The molecule has 0 aliphatic rings. The van der Waals surface area contributed by atoms with E-state index in [4.69, 9.17) is 4.74 Å². The van der Waals surface area contributed by atoms with Crippen LogP contribution in [0, 0.1) is 0 Å². The van der Waals surface area contributed by atoms with Gasteiger partial charge >= 0.3 is 0 Å². The summed E-state index contributed by atoms with van der Waals surface area (Å²) < 4.78 is 4.90. The molecule has 8 nitrogen and oxygen atoms in total. The summed E-state index contributed by atoms with van der Waals surface area (Å²) in [6.45, 7) is 0. The molecule has 0 aliphatic carbocycles. The van der Waals surface area contributed by atoms with E-state index in [1.165, 1.54) is 19.4 Å².